The first-order chi connectivity index (χ1) is 6.69. The molecule has 0 saturated heterocycles. The van der Waals surface area contributed by atoms with Gasteiger partial charge in [-0.05, 0) is 24.6 Å². The molecule has 0 fully saturated rings. The minimum Gasteiger partial charge on any atom is -0.374 e. The maximum atomic E-state index is 10.8. The van der Waals surface area contributed by atoms with Gasteiger partial charge in [0.15, 0.2) is 6.29 Å². The molecular weight excluding hydrogens is 198 g/mol. The number of nitrogens with zero attached hydrogens (tertiary/aromatic N) is 1. The van der Waals surface area contributed by atoms with Crippen LogP contribution in [0.15, 0.2) is 18.2 Å². The maximum absolute atomic E-state index is 10.8. The van der Waals surface area contributed by atoms with Gasteiger partial charge >= 0.3 is 0 Å². The molecule has 0 aliphatic heterocycles. The normalized spacial score (nSPS) is 9.93. The van der Waals surface area contributed by atoms with Gasteiger partial charge in [0.2, 0.25) is 0 Å². The molecule has 0 aliphatic rings. The molecule has 2 nitrogen and oxygen atoms in total. The lowest BCUT2D eigenvalue weighted by atomic mass is 10.2. The largest absolute Gasteiger partial charge is 0.374 e. The quantitative estimate of drug-likeness (QED) is 0.714. The van der Waals surface area contributed by atoms with Crippen molar-refractivity contribution in [3.8, 4) is 0 Å². The standard InChI is InChI=1S/C11H14ClNO/c1-3-6-13(2)11-5-4-10(12)7-9(11)8-14/h4-5,7-8H,3,6H2,1-2H3. The van der Waals surface area contributed by atoms with Crippen LogP contribution >= 0.6 is 11.6 Å². The molecule has 0 heterocycles. The predicted octanol–water partition coefficient (Wildman–Crippen LogP) is 3.00. The van der Waals surface area contributed by atoms with Crippen molar-refractivity contribution < 1.29 is 4.79 Å². The summed E-state index contributed by atoms with van der Waals surface area (Å²) >= 11 is 5.80. The maximum Gasteiger partial charge on any atom is 0.152 e. The van der Waals surface area contributed by atoms with E-state index in [1.807, 2.05) is 13.1 Å². The van der Waals surface area contributed by atoms with Crippen LogP contribution in [0.25, 0.3) is 0 Å². The molecule has 0 aliphatic carbocycles. The topological polar surface area (TPSA) is 20.3 Å². The summed E-state index contributed by atoms with van der Waals surface area (Å²) in [5.41, 5.74) is 1.58. The molecule has 14 heavy (non-hydrogen) atoms. The molecule has 0 atom stereocenters. The second kappa shape index (κ2) is 5.01. The fraction of sp³-hybridized carbons (Fsp3) is 0.364. The number of anilines is 1. The molecular formula is C11H14ClNO. The highest BCUT2D eigenvalue weighted by Gasteiger charge is 2.06. The fourth-order valence-electron chi connectivity index (χ4n) is 1.42. The van der Waals surface area contributed by atoms with E-state index in [0.29, 0.717) is 10.6 Å². The Bertz CT molecular complexity index is 325. The van der Waals surface area contributed by atoms with Crippen molar-refractivity contribution in [3.63, 3.8) is 0 Å². The molecule has 3 heteroatoms. The SMILES string of the molecule is CCCN(C)c1ccc(Cl)cc1C=O. The number of benzene rings is 1. The van der Waals surface area contributed by atoms with Crippen LogP contribution in [-0.2, 0) is 0 Å². The highest BCUT2D eigenvalue weighted by Crippen LogP contribution is 2.22. The minimum absolute atomic E-state index is 0.598. The van der Waals surface area contributed by atoms with E-state index in [4.69, 9.17) is 11.6 Å². The number of hydrogen-bond donors (Lipinski definition) is 0. The zero-order chi connectivity index (χ0) is 10.6. The van der Waals surface area contributed by atoms with Crippen LogP contribution in [0.2, 0.25) is 5.02 Å². The van der Waals surface area contributed by atoms with Crippen LogP contribution in [0.5, 0.6) is 0 Å². The molecule has 76 valence electrons. The molecule has 0 spiro atoms. The van der Waals surface area contributed by atoms with Gasteiger partial charge in [-0.15, -0.1) is 0 Å². The Hall–Kier alpha value is -1.02. The van der Waals surface area contributed by atoms with Crippen LogP contribution < -0.4 is 4.90 Å². The van der Waals surface area contributed by atoms with Crippen molar-refractivity contribution in [2.24, 2.45) is 0 Å². The second-order valence-electron chi connectivity index (χ2n) is 3.24. The number of aldehydes is 1. The van der Waals surface area contributed by atoms with Crippen LogP contribution in [0.4, 0.5) is 5.69 Å². The number of carbonyl (C=O) groups excluding carboxylic acids is 1. The third-order valence-electron chi connectivity index (χ3n) is 2.09. The van der Waals surface area contributed by atoms with Gasteiger partial charge in [0, 0.05) is 29.9 Å². The summed E-state index contributed by atoms with van der Waals surface area (Å²) in [5.74, 6) is 0. The van der Waals surface area contributed by atoms with Gasteiger partial charge in [0.05, 0.1) is 0 Å². The Morgan fingerprint density at radius 2 is 2.21 bits per heavy atom. The van der Waals surface area contributed by atoms with E-state index in [9.17, 15) is 4.79 Å². The molecule has 1 aromatic rings. The van der Waals surface area contributed by atoms with E-state index >= 15 is 0 Å². The Labute approximate surface area is 89.5 Å². The van der Waals surface area contributed by atoms with E-state index in [2.05, 4.69) is 11.8 Å². The molecule has 0 unspecified atom stereocenters. The van der Waals surface area contributed by atoms with Crippen LogP contribution in [0.3, 0.4) is 0 Å². The Kier molecular flexibility index (Phi) is 3.96. The van der Waals surface area contributed by atoms with Gasteiger partial charge in [-0.1, -0.05) is 18.5 Å². The second-order valence-corrected chi connectivity index (χ2v) is 3.68. The fourth-order valence-corrected chi connectivity index (χ4v) is 1.60. The van der Waals surface area contributed by atoms with Gasteiger partial charge in [-0.25, -0.2) is 0 Å². The Balaban J connectivity index is 3.01. The highest BCUT2D eigenvalue weighted by atomic mass is 35.5. The van der Waals surface area contributed by atoms with E-state index in [1.54, 1.807) is 12.1 Å². The van der Waals surface area contributed by atoms with Crippen LogP contribution in [0, 0.1) is 0 Å². The van der Waals surface area contributed by atoms with Crippen molar-refractivity contribution in [2.75, 3.05) is 18.5 Å². The summed E-state index contributed by atoms with van der Waals surface area (Å²) in [7, 11) is 1.97. The minimum atomic E-state index is 0.598. The average molecular weight is 212 g/mol. The van der Waals surface area contributed by atoms with Crippen LogP contribution in [0.1, 0.15) is 23.7 Å². The molecule has 0 aromatic heterocycles. The summed E-state index contributed by atoms with van der Waals surface area (Å²) in [5, 5.41) is 0.598. The Morgan fingerprint density at radius 1 is 1.50 bits per heavy atom. The Morgan fingerprint density at radius 3 is 2.79 bits per heavy atom. The molecule has 0 saturated carbocycles. The van der Waals surface area contributed by atoms with Gasteiger partial charge < -0.3 is 4.90 Å². The highest BCUT2D eigenvalue weighted by molar-refractivity contribution is 6.31. The molecule has 1 aromatic carbocycles. The van der Waals surface area contributed by atoms with Gasteiger partial charge in [-0.2, -0.15) is 0 Å². The van der Waals surface area contributed by atoms with E-state index in [0.717, 1.165) is 24.9 Å². The zero-order valence-corrected chi connectivity index (χ0v) is 9.21. The van der Waals surface area contributed by atoms with E-state index in [1.165, 1.54) is 0 Å². The average Bonchev–Trinajstić information content (AvgIpc) is 2.17. The monoisotopic (exact) mass is 211 g/mol. The van der Waals surface area contributed by atoms with Crippen molar-refractivity contribution in [2.45, 2.75) is 13.3 Å². The van der Waals surface area contributed by atoms with Crippen molar-refractivity contribution in [1.29, 1.82) is 0 Å². The third kappa shape index (κ3) is 2.48. The van der Waals surface area contributed by atoms with Crippen molar-refractivity contribution in [1.82, 2.24) is 0 Å². The summed E-state index contributed by atoms with van der Waals surface area (Å²) in [6.07, 6.45) is 1.89. The first-order valence-corrected chi connectivity index (χ1v) is 5.02. The molecule has 0 bridgehead atoms. The summed E-state index contributed by atoms with van der Waals surface area (Å²) in [4.78, 5) is 12.9. The van der Waals surface area contributed by atoms with Gasteiger partial charge in [0.1, 0.15) is 0 Å². The van der Waals surface area contributed by atoms with Crippen molar-refractivity contribution >= 4 is 23.6 Å². The number of rotatable bonds is 4. The molecule has 0 amide bonds. The molecule has 0 N–H and O–H groups in total. The summed E-state index contributed by atoms with van der Waals surface area (Å²) < 4.78 is 0. The lowest BCUT2D eigenvalue weighted by Crippen LogP contribution is -2.19. The number of halogens is 1. The smallest absolute Gasteiger partial charge is 0.152 e. The predicted molar refractivity (Wildman–Crippen MR) is 60.4 cm³/mol. The first-order valence-electron chi connectivity index (χ1n) is 4.65. The number of carbonyl (C=O) groups is 1. The van der Waals surface area contributed by atoms with Gasteiger partial charge in [0.25, 0.3) is 0 Å². The number of hydrogen-bond acceptors (Lipinski definition) is 2. The van der Waals surface area contributed by atoms with E-state index in [-0.39, 0.29) is 0 Å². The lowest BCUT2D eigenvalue weighted by Gasteiger charge is -2.20. The summed E-state index contributed by atoms with van der Waals surface area (Å²) in [6.45, 7) is 3.04. The molecule has 0 radical (unpaired) electrons. The van der Waals surface area contributed by atoms with Crippen molar-refractivity contribution in [3.05, 3.63) is 28.8 Å². The summed E-state index contributed by atoms with van der Waals surface area (Å²) in [6, 6.07) is 5.37. The van der Waals surface area contributed by atoms with Crippen LogP contribution in [-0.4, -0.2) is 19.9 Å². The third-order valence-corrected chi connectivity index (χ3v) is 2.32. The van der Waals surface area contributed by atoms with E-state index < -0.39 is 0 Å². The van der Waals surface area contributed by atoms with Gasteiger partial charge in [-0.3, -0.25) is 4.79 Å². The molecule has 1 rings (SSSR count). The lowest BCUT2D eigenvalue weighted by molar-refractivity contribution is 0.112. The zero-order valence-electron chi connectivity index (χ0n) is 8.46. The first kappa shape index (κ1) is 11.1.